The Hall–Kier alpha value is -0.980. The van der Waals surface area contributed by atoms with Crippen molar-refractivity contribution in [3.05, 3.63) is 11.7 Å². The van der Waals surface area contributed by atoms with Crippen molar-refractivity contribution in [2.45, 2.75) is 44.8 Å². The van der Waals surface area contributed by atoms with Gasteiger partial charge in [-0.2, -0.15) is 4.98 Å². The molecule has 1 aromatic rings. The topological polar surface area (TPSA) is 63.4 Å². The summed E-state index contributed by atoms with van der Waals surface area (Å²) < 4.78 is 11.3. The van der Waals surface area contributed by atoms with Crippen LogP contribution in [0.2, 0.25) is 0 Å². The van der Waals surface area contributed by atoms with Crippen LogP contribution in [0, 0.1) is 5.92 Å². The number of nitrogens with one attached hydrogen (secondary N) is 1. The SMILES string of the molecule is COC1(c2noc(CN3CCNCC3)n2)CCC(C)CC1. The van der Waals surface area contributed by atoms with Gasteiger partial charge < -0.3 is 14.6 Å². The summed E-state index contributed by atoms with van der Waals surface area (Å²) in [4.78, 5) is 6.97. The Morgan fingerprint density at radius 2 is 2.05 bits per heavy atom. The van der Waals surface area contributed by atoms with Crippen molar-refractivity contribution in [2.75, 3.05) is 33.3 Å². The van der Waals surface area contributed by atoms with Gasteiger partial charge in [0.25, 0.3) is 0 Å². The first-order chi connectivity index (χ1) is 10.2. The predicted octanol–water partition coefficient (Wildman–Crippen LogP) is 1.53. The quantitative estimate of drug-likeness (QED) is 0.908. The lowest BCUT2D eigenvalue weighted by atomic mass is 9.79. The Labute approximate surface area is 126 Å². The molecule has 0 unspecified atom stereocenters. The summed E-state index contributed by atoms with van der Waals surface area (Å²) in [5, 5.41) is 7.57. The van der Waals surface area contributed by atoms with Crippen LogP contribution in [0.4, 0.5) is 0 Å². The molecule has 1 saturated heterocycles. The highest BCUT2D eigenvalue weighted by molar-refractivity contribution is 5.04. The molecule has 21 heavy (non-hydrogen) atoms. The molecular weight excluding hydrogens is 268 g/mol. The average molecular weight is 294 g/mol. The van der Waals surface area contributed by atoms with Crippen LogP contribution in [-0.4, -0.2) is 48.3 Å². The van der Waals surface area contributed by atoms with E-state index in [0.29, 0.717) is 5.89 Å². The minimum absolute atomic E-state index is 0.336. The average Bonchev–Trinajstić information content (AvgIpc) is 2.99. The maximum atomic E-state index is 5.81. The highest BCUT2D eigenvalue weighted by Gasteiger charge is 2.40. The first-order valence-electron chi connectivity index (χ1n) is 8.03. The largest absolute Gasteiger partial charge is 0.370 e. The minimum atomic E-state index is -0.336. The first-order valence-corrected chi connectivity index (χ1v) is 8.03. The van der Waals surface area contributed by atoms with Gasteiger partial charge in [-0.25, -0.2) is 0 Å². The maximum Gasteiger partial charge on any atom is 0.240 e. The van der Waals surface area contributed by atoms with Crippen LogP contribution in [-0.2, 0) is 16.9 Å². The summed E-state index contributed by atoms with van der Waals surface area (Å²) in [5.74, 6) is 2.21. The van der Waals surface area contributed by atoms with Crippen LogP contribution >= 0.6 is 0 Å². The summed E-state index contributed by atoms with van der Waals surface area (Å²) in [6, 6.07) is 0. The van der Waals surface area contributed by atoms with E-state index in [1.807, 2.05) is 0 Å². The second-order valence-corrected chi connectivity index (χ2v) is 6.42. The number of methoxy groups -OCH3 is 1. The molecule has 1 aromatic heterocycles. The standard InChI is InChI=1S/C15H26N4O2/c1-12-3-5-15(20-2,6-4-12)14-17-13(21-18-14)11-19-9-7-16-8-10-19/h12,16H,3-11H2,1-2H3. The van der Waals surface area contributed by atoms with Gasteiger partial charge in [0.1, 0.15) is 5.60 Å². The van der Waals surface area contributed by atoms with Gasteiger partial charge in [0, 0.05) is 33.3 Å². The van der Waals surface area contributed by atoms with Gasteiger partial charge in [-0.1, -0.05) is 12.1 Å². The smallest absolute Gasteiger partial charge is 0.240 e. The summed E-state index contributed by atoms with van der Waals surface area (Å²) in [5.41, 5.74) is -0.336. The van der Waals surface area contributed by atoms with Gasteiger partial charge >= 0.3 is 0 Å². The third-order valence-corrected chi connectivity index (χ3v) is 4.92. The summed E-state index contributed by atoms with van der Waals surface area (Å²) in [6.45, 7) is 7.16. The number of hydrogen-bond donors (Lipinski definition) is 1. The predicted molar refractivity (Wildman–Crippen MR) is 78.8 cm³/mol. The van der Waals surface area contributed by atoms with Crippen molar-refractivity contribution in [3.8, 4) is 0 Å². The molecule has 0 bridgehead atoms. The molecule has 1 saturated carbocycles. The summed E-state index contributed by atoms with van der Waals surface area (Å²) in [7, 11) is 1.77. The van der Waals surface area contributed by atoms with Crippen molar-refractivity contribution >= 4 is 0 Å². The molecule has 3 rings (SSSR count). The molecule has 1 aliphatic heterocycles. The number of piperazine rings is 1. The fourth-order valence-electron chi connectivity index (χ4n) is 3.31. The van der Waals surface area contributed by atoms with Crippen molar-refractivity contribution in [1.82, 2.24) is 20.4 Å². The highest BCUT2D eigenvalue weighted by Crippen LogP contribution is 2.40. The number of rotatable bonds is 4. The first kappa shape index (κ1) is 14.9. The van der Waals surface area contributed by atoms with Crippen molar-refractivity contribution in [1.29, 1.82) is 0 Å². The van der Waals surface area contributed by atoms with Gasteiger partial charge in [-0.15, -0.1) is 0 Å². The molecule has 0 amide bonds. The van der Waals surface area contributed by atoms with Crippen LogP contribution in [0.1, 0.15) is 44.3 Å². The fraction of sp³-hybridized carbons (Fsp3) is 0.867. The molecule has 1 N–H and O–H groups in total. The fourth-order valence-corrected chi connectivity index (χ4v) is 3.31. The minimum Gasteiger partial charge on any atom is -0.370 e. The molecule has 2 fully saturated rings. The summed E-state index contributed by atoms with van der Waals surface area (Å²) in [6.07, 6.45) is 4.29. The van der Waals surface area contributed by atoms with Gasteiger partial charge in [0.2, 0.25) is 11.7 Å². The van der Waals surface area contributed by atoms with E-state index in [9.17, 15) is 0 Å². The number of hydrogen-bond acceptors (Lipinski definition) is 6. The zero-order chi connectivity index (χ0) is 14.7. The van der Waals surface area contributed by atoms with E-state index in [4.69, 9.17) is 9.26 Å². The van der Waals surface area contributed by atoms with Crippen molar-refractivity contribution in [2.24, 2.45) is 5.92 Å². The van der Waals surface area contributed by atoms with E-state index in [1.54, 1.807) is 7.11 Å². The van der Waals surface area contributed by atoms with Gasteiger partial charge in [0.15, 0.2) is 0 Å². The van der Waals surface area contributed by atoms with Gasteiger partial charge in [-0.3, -0.25) is 4.90 Å². The lowest BCUT2D eigenvalue weighted by Gasteiger charge is -2.35. The normalized spacial score (nSPS) is 31.4. The lowest BCUT2D eigenvalue weighted by Crippen LogP contribution is -2.43. The van der Waals surface area contributed by atoms with E-state index in [2.05, 4.69) is 27.3 Å². The van der Waals surface area contributed by atoms with Crippen molar-refractivity contribution < 1.29 is 9.26 Å². The lowest BCUT2D eigenvalue weighted by molar-refractivity contribution is -0.0609. The number of nitrogens with zero attached hydrogens (tertiary/aromatic N) is 3. The van der Waals surface area contributed by atoms with E-state index in [1.165, 1.54) is 0 Å². The van der Waals surface area contributed by atoms with E-state index < -0.39 is 0 Å². The molecular formula is C15H26N4O2. The monoisotopic (exact) mass is 294 g/mol. The Kier molecular flexibility index (Phi) is 4.57. The third-order valence-electron chi connectivity index (χ3n) is 4.92. The zero-order valence-electron chi connectivity index (χ0n) is 13.1. The van der Waals surface area contributed by atoms with E-state index in [0.717, 1.165) is 70.1 Å². The van der Waals surface area contributed by atoms with E-state index in [-0.39, 0.29) is 5.60 Å². The van der Waals surface area contributed by atoms with Crippen LogP contribution in [0.25, 0.3) is 0 Å². The Bertz CT molecular complexity index is 448. The molecule has 6 nitrogen and oxygen atoms in total. The van der Waals surface area contributed by atoms with Crippen LogP contribution < -0.4 is 5.32 Å². The van der Waals surface area contributed by atoms with Crippen LogP contribution in [0.15, 0.2) is 4.52 Å². The Morgan fingerprint density at radius 3 is 2.71 bits per heavy atom. The zero-order valence-corrected chi connectivity index (χ0v) is 13.1. The highest BCUT2D eigenvalue weighted by atomic mass is 16.5. The molecule has 118 valence electrons. The van der Waals surface area contributed by atoms with Gasteiger partial charge in [-0.05, 0) is 31.6 Å². The Morgan fingerprint density at radius 1 is 1.33 bits per heavy atom. The maximum absolute atomic E-state index is 5.81. The van der Waals surface area contributed by atoms with Crippen LogP contribution in [0.5, 0.6) is 0 Å². The second-order valence-electron chi connectivity index (χ2n) is 6.42. The third kappa shape index (κ3) is 3.27. The van der Waals surface area contributed by atoms with Gasteiger partial charge in [0.05, 0.1) is 6.54 Å². The van der Waals surface area contributed by atoms with E-state index >= 15 is 0 Å². The molecule has 0 aromatic carbocycles. The number of aromatic nitrogens is 2. The van der Waals surface area contributed by atoms with Crippen molar-refractivity contribution in [3.63, 3.8) is 0 Å². The molecule has 2 aliphatic rings. The molecule has 0 spiro atoms. The molecule has 6 heteroatoms. The molecule has 0 radical (unpaired) electrons. The second kappa shape index (κ2) is 6.42. The molecule has 0 atom stereocenters. The Balaban J connectivity index is 1.68. The molecule has 1 aliphatic carbocycles. The molecule has 2 heterocycles. The van der Waals surface area contributed by atoms with Crippen LogP contribution in [0.3, 0.4) is 0 Å². The number of ether oxygens (including phenoxy) is 1. The summed E-state index contributed by atoms with van der Waals surface area (Å²) >= 11 is 0.